The topological polar surface area (TPSA) is 117 Å². The molecule has 0 spiro atoms. The lowest BCUT2D eigenvalue weighted by atomic mass is 10.1. The van der Waals surface area contributed by atoms with E-state index in [2.05, 4.69) is 5.32 Å². The van der Waals surface area contributed by atoms with Crippen molar-refractivity contribution in [3.05, 3.63) is 57.9 Å². The second kappa shape index (κ2) is 9.49. The molecule has 0 saturated carbocycles. The average molecular weight is 406 g/mol. The molecular formula is C19H19FN2O7. The van der Waals surface area contributed by atoms with Gasteiger partial charge in [0.15, 0.2) is 6.10 Å². The molecule has 9 nitrogen and oxygen atoms in total. The number of esters is 1. The molecule has 0 heterocycles. The molecule has 0 aliphatic rings. The first-order valence-corrected chi connectivity index (χ1v) is 8.40. The summed E-state index contributed by atoms with van der Waals surface area (Å²) in [7, 11) is 2.94. The van der Waals surface area contributed by atoms with Crippen molar-refractivity contribution in [2.45, 2.75) is 19.4 Å². The van der Waals surface area contributed by atoms with Crippen LogP contribution < -0.4 is 14.8 Å². The van der Waals surface area contributed by atoms with Gasteiger partial charge in [-0.3, -0.25) is 19.7 Å². The first-order chi connectivity index (χ1) is 13.7. The van der Waals surface area contributed by atoms with Gasteiger partial charge in [-0.25, -0.2) is 0 Å². The van der Waals surface area contributed by atoms with Crippen LogP contribution in [0.1, 0.15) is 12.5 Å². The number of nitrogens with zero attached hydrogens (tertiary/aromatic N) is 1. The van der Waals surface area contributed by atoms with Crippen LogP contribution in [0.15, 0.2) is 36.4 Å². The number of anilines is 1. The normalized spacial score (nSPS) is 11.3. The summed E-state index contributed by atoms with van der Waals surface area (Å²) < 4.78 is 28.8. The number of hydrogen-bond acceptors (Lipinski definition) is 7. The summed E-state index contributed by atoms with van der Waals surface area (Å²) in [6, 6.07) is 7.81. The predicted molar refractivity (Wildman–Crippen MR) is 100 cm³/mol. The molecule has 0 bridgehead atoms. The largest absolute Gasteiger partial charge is 0.497 e. The standard InChI is InChI=1S/C19H19FN2O7/c1-11(19(24)21-13-5-7-15(20)16(9-13)22(25)26)29-18(23)8-12-4-6-14(27-2)10-17(12)28-3/h4-7,9-11H,8H2,1-3H3,(H,21,24). The third-order valence-corrected chi connectivity index (χ3v) is 3.92. The summed E-state index contributed by atoms with van der Waals surface area (Å²) in [6.45, 7) is 1.34. The van der Waals surface area contributed by atoms with Crippen LogP contribution in [0.25, 0.3) is 0 Å². The maximum absolute atomic E-state index is 13.4. The molecule has 0 aliphatic heterocycles. The van der Waals surface area contributed by atoms with Crippen LogP contribution in [0.3, 0.4) is 0 Å². The summed E-state index contributed by atoms with van der Waals surface area (Å²) in [5, 5.41) is 13.1. The van der Waals surface area contributed by atoms with Crippen LogP contribution in [0.2, 0.25) is 0 Å². The summed E-state index contributed by atoms with van der Waals surface area (Å²) in [4.78, 5) is 34.2. The number of amides is 1. The number of carbonyl (C=O) groups excluding carboxylic acids is 2. The Bertz CT molecular complexity index is 933. The second-order valence-corrected chi connectivity index (χ2v) is 5.90. The van der Waals surface area contributed by atoms with Gasteiger partial charge in [0.2, 0.25) is 5.82 Å². The van der Waals surface area contributed by atoms with E-state index in [4.69, 9.17) is 14.2 Å². The lowest BCUT2D eigenvalue weighted by Gasteiger charge is -2.15. The van der Waals surface area contributed by atoms with Crippen molar-refractivity contribution in [1.29, 1.82) is 0 Å². The van der Waals surface area contributed by atoms with Crippen LogP contribution in [0.5, 0.6) is 11.5 Å². The van der Waals surface area contributed by atoms with Gasteiger partial charge in [0.25, 0.3) is 5.91 Å². The van der Waals surface area contributed by atoms with E-state index >= 15 is 0 Å². The Labute approximate surface area is 165 Å². The van der Waals surface area contributed by atoms with Crippen molar-refractivity contribution in [3.8, 4) is 11.5 Å². The number of carbonyl (C=O) groups is 2. The smallest absolute Gasteiger partial charge is 0.311 e. The number of halogens is 1. The number of rotatable bonds is 8. The van der Waals surface area contributed by atoms with Crippen molar-refractivity contribution in [2.24, 2.45) is 0 Å². The first-order valence-electron chi connectivity index (χ1n) is 8.40. The van der Waals surface area contributed by atoms with Crippen molar-refractivity contribution in [2.75, 3.05) is 19.5 Å². The monoisotopic (exact) mass is 406 g/mol. The number of ether oxygens (including phenoxy) is 3. The summed E-state index contributed by atoms with van der Waals surface area (Å²) in [5.41, 5.74) is -0.234. The minimum atomic E-state index is -1.18. The summed E-state index contributed by atoms with van der Waals surface area (Å²) >= 11 is 0. The molecule has 1 unspecified atom stereocenters. The Morgan fingerprint density at radius 3 is 2.52 bits per heavy atom. The van der Waals surface area contributed by atoms with Crippen molar-refractivity contribution >= 4 is 23.3 Å². The molecule has 0 radical (unpaired) electrons. The van der Waals surface area contributed by atoms with Crippen LogP contribution in [-0.2, 0) is 20.7 Å². The van der Waals surface area contributed by atoms with Crippen molar-refractivity contribution < 1.29 is 33.1 Å². The Balaban J connectivity index is 2.00. The van der Waals surface area contributed by atoms with Gasteiger partial charge >= 0.3 is 11.7 Å². The van der Waals surface area contributed by atoms with Gasteiger partial charge in [0.05, 0.1) is 25.6 Å². The van der Waals surface area contributed by atoms with Gasteiger partial charge < -0.3 is 19.5 Å². The zero-order chi connectivity index (χ0) is 21.6. The predicted octanol–water partition coefficient (Wildman–Crippen LogP) is 2.86. The Hall–Kier alpha value is -3.69. The quantitative estimate of drug-likeness (QED) is 0.407. The van der Waals surface area contributed by atoms with E-state index in [0.717, 1.165) is 18.2 Å². The number of nitrogens with one attached hydrogen (secondary N) is 1. The van der Waals surface area contributed by atoms with E-state index in [1.807, 2.05) is 0 Å². The third-order valence-electron chi connectivity index (χ3n) is 3.92. The van der Waals surface area contributed by atoms with Gasteiger partial charge in [0, 0.05) is 23.4 Å². The van der Waals surface area contributed by atoms with Gasteiger partial charge in [-0.05, 0) is 25.1 Å². The summed E-state index contributed by atoms with van der Waals surface area (Å²) in [6.07, 6.45) is -1.33. The third kappa shape index (κ3) is 5.64. The van der Waals surface area contributed by atoms with E-state index in [9.17, 15) is 24.1 Å². The van der Waals surface area contributed by atoms with E-state index in [0.29, 0.717) is 17.1 Å². The molecule has 2 aromatic carbocycles. The highest BCUT2D eigenvalue weighted by molar-refractivity contribution is 5.95. The zero-order valence-electron chi connectivity index (χ0n) is 15.9. The maximum Gasteiger partial charge on any atom is 0.311 e. The maximum atomic E-state index is 13.4. The van der Waals surface area contributed by atoms with Gasteiger partial charge in [-0.15, -0.1) is 0 Å². The number of methoxy groups -OCH3 is 2. The first kappa shape index (κ1) is 21.6. The average Bonchev–Trinajstić information content (AvgIpc) is 2.69. The SMILES string of the molecule is COc1ccc(CC(=O)OC(C)C(=O)Nc2ccc(F)c([N+](=O)[O-])c2)c(OC)c1. The minimum absolute atomic E-state index is 0.00261. The summed E-state index contributed by atoms with van der Waals surface area (Å²) in [5.74, 6) is -1.44. The molecule has 29 heavy (non-hydrogen) atoms. The Kier molecular flexibility index (Phi) is 7.07. The van der Waals surface area contributed by atoms with E-state index in [1.165, 1.54) is 21.1 Å². The lowest BCUT2D eigenvalue weighted by Crippen LogP contribution is -2.30. The number of benzene rings is 2. The highest BCUT2D eigenvalue weighted by Crippen LogP contribution is 2.25. The highest BCUT2D eigenvalue weighted by atomic mass is 19.1. The molecule has 0 saturated heterocycles. The van der Waals surface area contributed by atoms with Crippen LogP contribution >= 0.6 is 0 Å². The Morgan fingerprint density at radius 2 is 1.90 bits per heavy atom. The van der Waals surface area contributed by atoms with Crippen LogP contribution in [0, 0.1) is 15.9 Å². The molecule has 0 aliphatic carbocycles. The van der Waals surface area contributed by atoms with E-state index < -0.39 is 34.4 Å². The molecule has 1 amide bonds. The van der Waals surface area contributed by atoms with E-state index in [1.54, 1.807) is 18.2 Å². The highest BCUT2D eigenvalue weighted by Gasteiger charge is 2.21. The molecule has 2 rings (SSSR count). The number of nitro benzene ring substituents is 1. The zero-order valence-corrected chi connectivity index (χ0v) is 15.9. The molecule has 2 aromatic rings. The van der Waals surface area contributed by atoms with Crippen molar-refractivity contribution in [3.63, 3.8) is 0 Å². The molecule has 1 atom stereocenters. The molecule has 154 valence electrons. The molecule has 10 heteroatoms. The number of hydrogen-bond donors (Lipinski definition) is 1. The number of nitro groups is 1. The lowest BCUT2D eigenvalue weighted by molar-refractivity contribution is -0.387. The molecule has 1 N–H and O–H groups in total. The molecule has 0 aromatic heterocycles. The fraction of sp³-hybridized carbons (Fsp3) is 0.263. The Morgan fingerprint density at radius 1 is 1.17 bits per heavy atom. The molecule has 0 fully saturated rings. The van der Waals surface area contributed by atoms with Gasteiger partial charge in [0.1, 0.15) is 11.5 Å². The van der Waals surface area contributed by atoms with Crippen molar-refractivity contribution in [1.82, 2.24) is 0 Å². The second-order valence-electron chi connectivity index (χ2n) is 5.90. The van der Waals surface area contributed by atoms with Crippen LogP contribution in [0.4, 0.5) is 15.8 Å². The minimum Gasteiger partial charge on any atom is -0.497 e. The fourth-order valence-electron chi connectivity index (χ4n) is 2.42. The molecular weight excluding hydrogens is 387 g/mol. The fourth-order valence-corrected chi connectivity index (χ4v) is 2.42. The van der Waals surface area contributed by atoms with Crippen LogP contribution in [-0.4, -0.2) is 37.1 Å². The van der Waals surface area contributed by atoms with Gasteiger partial charge in [-0.1, -0.05) is 6.07 Å². The van der Waals surface area contributed by atoms with Gasteiger partial charge in [-0.2, -0.15) is 4.39 Å². The van der Waals surface area contributed by atoms with E-state index in [-0.39, 0.29) is 12.1 Å².